The van der Waals surface area contributed by atoms with E-state index >= 15 is 0 Å². The summed E-state index contributed by atoms with van der Waals surface area (Å²) in [6, 6.07) is 9.85. The number of hydrogen-bond acceptors (Lipinski definition) is 3. The Morgan fingerprint density at radius 3 is 2.52 bits per heavy atom. The lowest BCUT2D eigenvalue weighted by molar-refractivity contribution is 0.0691. The molecule has 4 heteroatoms. The number of likely N-dealkylation sites (tertiary alicyclic amines) is 1. The van der Waals surface area contributed by atoms with E-state index in [9.17, 15) is 4.79 Å². The van der Waals surface area contributed by atoms with Crippen molar-refractivity contribution >= 4 is 5.91 Å². The second-order valence-corrected chi connectivity index (χ2v) is 7.07. The highest BCUT2D eigenvalue weighted by Crippen LogP contribution is 2.27. The summed E-state index contributed by atoms with van der Waals surface area (Å²) in [5.41, 5.74) is 4.55. The standard InChI is InChI=1S/C21H26N2O2/c1-14-7-9-23(10-8-14)21(24)20-12-15(2)11-19(22-20)18-6-5-17(25-4)13-16(18)3/h5-6,11-14H,7-10H2,1-4H3. The summed E-state index contributed by atoms with van der Waals surface area (Å²) >= 11 is 0. The first-order valence-electron chi connectivity index (χ1n) is 8.91. The van der Waals surface area contributed by atoms with Crippen molar-refractivity contribution in [3.05, 3.63) is 47.2 Å². The first kappa shape index (κ1) is 17.5. The number of nitrogens with zero attached hydrogens (tertiary/aromatic N) is 2. The lowest BCUT2D eigenvalue weighted by Gasteiger charge is -2.30. The predicted molar refractivity (Wildman–Crippen MR) is 100 cm³/mol. The molecule has 0 unspecified atom stereocenters. The number of hydrogen-bond donors (Lipinski definition) is 0. The van der Waals surface area contributed by atoms with Gasteiger partial charge in [0.15, 0.2) is 0 Å². The maximum absolute atomic E-state index is 12.9. The van der Waals surface area contributed by atoms with Crippen LogP contribution in [0.15, 0.2) is 30.3 Å². The van der Waals surface area contributed by atoms with Gasteiger partial charge >= 0.3 is 0 Å². The van der Waals surface area contributed by atoms with Crippen LogP contribution in [0.25, 0.3) is 11.3 Å². The Morgan fingerprint density at radius 1 is 1.16 bits per heavy atom. The molecule has 2 aromatic rings. The van der Waals surface area contributed by atoms with E-state index in [1.54, 1.807) is 7.11 Å². The van der Waals surface area contributed by atoms with Gasteiger partial charge in [-0.15, -0.1) is 0 Å². The van der Waals surface area contributed by atoms with Crippen molar-refractivity contribution in [2.45, 2.75) is 33.6 Å². The number of amides is 1. The van der Waals surface area contributed by atoms with Gasteiger partial charge < -0.3 is 9.64 Å². The molecule has 2 heterocycles. The Hall–Kier alpha value is -2.36. The van der Waals surface area contributed by atoms with Crippen molar-refractivity contribution in [1.29, 1.82) is 0 Å². The van der Waals surface area contributed by atoms with Crippen molar-refractivity contribution in [2.24, 2.45) is 5.92 Å². The molecule has 0 N–H and O–H groups in total. The summed E-state index contributed by atoms with van der Waals surface area (Å²) in [4.78, 5) is 19.5. The van der Waals surface area contributed by atoms with Crippen LogP contribution >= 0.6 is 0 Å². The van der Waals surface area contributed by atoms with Gasteiger partial charge in [0.1, 0.15) is 11.4 Å². The summed E-state index contributed by atoms with van der Waals surface area (Å²) in [6.45, 7) is 7.95. The topological polar surface area (TPSA) is 42.4 Å². The van der Waals surface area contributed by atoms with Crippen LogP contribution in [0.1, 0.15) is 41.4 Å². The molecule has 0 spiro atoms. The minimum Gasteiger partial charge on any atom is -0.497 e. The molecule has 0 aliphatic carbocycles. The largest absolute Gasteiger partial charge is 0.497 e. The Bertz CT molecular complexity index is 777. The summed E-state index contributed by atoms with van der Waals surface area (Å²) in [6.07, 6.45) is 2.14. The first-order chi connectivity index (χ1) is 12.0. The van der Waals surface area contributed by atoms with Gasteiger partial charge in [0, 0.05) is 18.7 Å². The van der Waals surface area contributed by atoms with E-state index in [4.69, 9.17) is 4.74 Å². The second kappa shape index (κ2) is 7.26. The van der Waals surface area contributed by atoms with Crippen molar-refractivity contribution in [3.8, 4) is 17.0 Å². The number of ether oxygens (including phenoxy) is 1. The number of pyridine rings is 1. The van der Waals surface area contributed by atoms with Crippen LogP contribution in [0.2, 0.25) is 0 Å². The zero-order valence-corrected chi connectivity index (χ0v) is 15.5. The Labute approximate surface area is 149 Å². The fraction of sp³-hybridized carbons (Fsp3) is 0.429. The van der Waals surface area contributed by atoms with E-state index in [-0.39, 0.29) is 5.91 Å². The normalized spacial score (nSPS) is 15.3. The van der Waals surface area contributed by atoms with E-state index in [1.165, 1.54) is 0 Å². The predicted octanol–water partition coefficient (Wildman–Crippen LogP) is 4.25. The molecule has 0 bridgehead atoms. The van der Waals surface area contributed by atoms with Gasteiger partial charge in [0.25, 0.3) is 5.91 Å². The quantitative estimate of drug-likeness (QED) is 0.840. The van der Waals surface area contributed by atoms with Crippen molar-refractivity contribution in [1.82, 2.24) is 9.88 Å². The molecule has 25 heavy (non-hydrogen) atoms. The van der Waals surface area contributed by atoms with Gasteiger partial charge in [0.2, 0.25) is 0 Å². The molecule has 1 aromatic carbocycles. The van der Waals surface area contributed by atoms with Gasteiger partial charge in [-0.05, 0) is 74.1 Å². The molecule has 1 saturated heterocycles. The van der Waals surface area contributed by atoms with Gasteiger partial charge in [-0.2, -0.15) is 0 Å². The number of carbonyl (C=O) groups excluding carboxylic acids is 1. The minimum atomic E-state index is 0.0445. The van der Waals surface area contributed by atoms with Gasteiger partial charge in [-0.3, -0.25) is 4.79 Å². The molecule has 3 rings (SSSR count). The summed E-state index contributed by atoms with van der Waals surface area (Å²) in [5, 5.41) is 0. The molecule has 0 radical (unpaired) electrons. The van der Waals surface area contributed by atoms with Crippen LogP contribution < -0.4 is 4.74 Å². The van der Waals surface area contributed by atoms with Crippen molar-refractivity contribution in [2.75, 3.05) is 20.2 Å². The first-order valence-corrected chi connectivity index (χ1v) is 8.91. The summed E-state index contributed by atoms with van der Waals surface area (Å²) in [7, 11) is 1.66. The average Bonchev–Trinajstić information content (AvgIpc) is 2.61. The Kier molecular flexibility index (Phi) is 5.07. The highest BCUT2D eigenvalue weighted by Gasteiger charge is 2.23. The number of piperidine rings is 1. The van der Waals surface area contributed by atoms with Crippen LogP contribution in [0, 0.1) is 19.8 Å². The van der Waals surface area contributed by atoms with E-state index in [0.29, 0.717) is 11.6 Å². The zero-order chi connectivity index (χ0) is 18.0. The molecular weight excluding hydrogens is 312 g/mol. The molecule has 0 atom stereocenters. The van der Waals surface area contributed by atoms with Crippen molar-refractivity contribution < 1.29 is 9.53 Å². The van der Waals surface area contributed by atoms with Gasteiger partial charge in [-0.25, -0.2) is 4.98 Å². The molecular formula is C21H26N2O2. The lowest BCUT2D eigenvalue weighted by atomic mass is 9.99. The van der Waals surface area contributed by atoms with Gasteiger partial charge in [-0.1, -0.05) is 6.92 Å². The van der Waals surface area contributed by atoms with Crippen LogP contribution in [0.5, 0.6) is 5.75 Å². The van der Waals surface area contributed by atoms with Crippen LogP contribution in [0.4, 0.5) is 0 Å². The Balaban J connectivity index is 1.92. The molecule has 0 saturated carbocycles. The third-order valence-electron chi connectivity index (χ3n) is 4.97. The molecule has 1 amide bonds. The summed E-state index contributed by atoms with van der Waals surface area (Å²) < 4.78 is 5.28. The third-order valence-corrected chi connectivity index (χ3v) is 4.97. The fourth-order valence-corrected chi connectivity index (χ4v) is 3.34. The van der Waals surface area contributed by atoms with Crippen LogP contribution in [-0.2, 0) is 0 Å². The SMILES string of the molecule is COc1ccc(-c2cc(C)cc(C(=O)N3CCC(C)CC3)n2)c(C)c1. The number of rotatable bonds is 3. The van der Waals surface area contributed by atoms with Crippen LogP contribution in [0.3, 0.4) is 0 Å². The van der Waals surface area contributed by atoms with E-state index < -0.39 is 0 Å². The second-order valence-electron chi connectivity index (χ2n) is 7.07. The lowest BCUT2D eigenvalue weighted by Crippen LogP contribution is -2.38. The zero-order valence-electron chi connectivity index (χ0n) is 15.5. The average molecular weight is 338 g/mol. The van der Waals surface area contributed by atoms with Crippen LogP contribution in [-0.4, -0.2) is 36.0 Å². The number of carbonyl (C=O) groups is 1. The number of methoxy groups -OCH3 is 1. The fourth-order valence-electron chi connectivity index (χ4n) is 3.34. The molecule has 4 nitrogen and oxygen atoms in total. The van der Waals surface area contributed by atoms with E-state index in [0.717, 1.165) is 54.1 Å². The highest BCUT2D eigenvalue weighted by molar-refractivity contribution is 5.93. The van der Waals surface area contributed by atoms with E-state index in [1.807, 2.05) is 49.1 Å². The summed E-state index contributed by atoms with van der Waals surface area (Å²) in [5.74, 6) is 1.57. The third kappa shape index (κ3) is 3.84. The van der Waals surface area contributed by atoms with Gasteiger partial charge in [0.05, 0.1) is 12.8 Å². The molecule has 132 valence electrons. The molecule has 1 aromatic heterocycles. The molecule has 1 aliphatic heterocycles. The molecule has 1 aliphatic rings. The molecule has 1 fully saturated rings. The number of aryl methyl sites for hydroxylation is 2. The van der Waals surface area contributed by atoms with E-state index in [2.05, 4.69) is 11.9 Å². The monoisotopic (exact) mass is 338 g/mol. The van der Waals surface area contributed by atoms with Crippen molar-refractivity contribution in [3.63, 3.8) is 0 Å². The number of benzene rings is 1. The maximum Gasteiger partial charge on any atom is 0.272 e. The smallest absolute Gasteiger partial charge is 0.272 e. The minimum absolute atomic E-state index is 0.0445. The highest BCUT2D eigenvalue weighted by atomic mass is 16.5. The Morgan fingerprint density at radius 2 is 1.88 bits per heavy atom. The maximum atomic E-state index is 12.9. The number of aromatic nitrogens is 1.